The lowest BCUT2D eigenvalue weighted by Gasteiger charge is -2.27. The average Bonchev–Trinajstić information content (AvgIpc) is 2.96. The zero-order valence-corrected chi connectivity index (χ0v) is 16.5. The van der Waals surface area contributed by atoms with Crippen LogP contribution in [0.15, 0.2) is 36.4 Å². The molecule has 0 aliphatic carbocycles. The molecule has 3 N–H and O–H groups in total. The number of halogens is 2. The molecule has 1 unspecified atom stereocenters. The van der Waals surface area contributed by atoms with Crippen molar-refractivity contribution < 1.29 is 22.3 Å². The van der Waals surface area contributed by atoms with Crippen LogP contribution in [0.25, 0.3) is 11.0 Å². The number of aromatic nitrogens is 2. The Morgan fingerprint density at radius 3 is 2.38 bits per heavy atom. The van der Waals surface area contributed by atoms with E-state index >= 15 is 0 Å². The van der Waals surface area contributed by atoms with Crippen LogP contribution in [-0.2, 0) is 15.6 Å². The van der Waals surface area contributed by atoms with Gasteiger partial charge in [0.2, 0.25) is 16.0 Å². The summed E-state index contributed by atoms with van der Waals surface area (Å²) in [4.78, 5) is 4.05. The average molecular weight is 419 g/mol. The molecule has 3 rings (SSSR count). The smallest absolute Gasteiger partial charge is 0.244 e. The minimum Gasteiger partial charge on any atom is -0.379 e. The molecule has 0 amide bonds. The van der Waals surface area contributed by atoms with Crippen LogP contribution in [0.4, 0.5) is 14.7 Å². The van der Waals surface area contributed by atoms with E-state index in [0.29, 0.717) is 6.07 Å². The maximum atomic E-state index is 13.8. The molecular formula is C20H19F2N3O3S. The summed E-state index contributed by atoms with van der Waals surface area (Å²) in [7, 11) is -3.86. The highest BCUT2D eigenvalue weighted by Crippen LogP contribution is 2.36. The second-order valence-electron chi connectivity index (χ2n) is 6.93. The number of hydrogen-bond donors (Lipinski definition) is 2. The molecule has 0 aliphatic heterocycles. The van der Waals surface area contributed by atoms with Gasteiger partial charge < -0.3 is 10.8 Å². The molecule has 0 saturated carbocycles. The first-order chi connectivity index (χ1) is 13.5. The Morgan fingerprint density at radius 1 is 1.21 bits per heavy atom. The van der Waals surface area contributed by atoms with Crippen molar-refractivity contribution in [3.63, 3.8) is 0 Å². The van der Waals surface area contributed by atoms with Crippen molar-refractivity contribution in [1.29, 1.82) is 0 Å². The highest BCUT2D eigenvalue weighted by molar-refractivity contribution is 7.90. The van der Waals surface area contributed by atoms with Crippen LogP contribution < -0.4 is 5.73 Å². The molecule has 1 atom stereocenters. The number of nitrogen functional groups attached to an aromatic ring is 1. The van der Waals surface area contributed by atoms with Gasteiger partial charge in [-0.3, -0.25) is 0 Å². The van der Waals surface area contributed by atoms with E-state index in [1.54, 1.807) is 0 Å². The zero-order valence-electron chi connectivity index (χ0n) is 15.7. The summed E-state index contributed by atoms with van der Waals surface area (Å²) in [6.07, 6.45) is 5.09. The predicted molar refractivity (Wildman–Crippen MR) is 106 cm³/mol. The number of fused-ring (bicyclic) bond motifs is 1. The number of benzene rings is 2. The van der Waals surface area contributed by atoms with Gasteiger partial charge in [-0.05, 0) is 49.2 Å². The molecule has 29 heavy (non-hydrogen) atoms. The summed E-state index contributed by atoms with van der Waals surface area (Å²) in [5, 5.41) is 10.5. The molecule has 0 aliphatic rings. The molecule has 0 bridgehead atoms. The Bertz CT molecular complexity index is 1230. The first-order valence-electron chi connectivity index (χ1n) is 8.66. The van der Waals surface area contributed by atoms with Gasteiger partial charge in [0, 0.05) is 12.5 Å². The zero-order chi connectivity index (χ0) is 21.6. The number of anilines is 1. The fourth-order valence-corrected chi connectivity index (χ4v) is 4.26. The minimum atomic E-state index is -3.86. The number of nitrogens with two attached hydrogens (primary N) is 1. The van der Waals surface area contributed by atoms with Gasteiger partial charge >= 0.3 is 0 Å². The predicted octanol–water partition coefficient (Wildman–Crippen LogP) is 2.74. The Morgan fingerprint density at radius 2 is 1.83 bits per heavy atom. The third-order valence-corrected chi connectivity index (χ3v) is 6.75. The Labute approximate surface area is 167 Å². The molecular weight excluding hydrogens is 400 g/mol. The molecule has 2 aromatic carbocycles. The molecule has 152 valence electrons. The van der Waals surface area contributed by atoms with Gasteiger partial charge in [0.1, 0.15) is 17.2 Å². The van der Waals surface area contributed by atoms with E-state index in [1.165, 1.54) is 32.0 Å². The van der Waals surface area contributed by atoms with Crippen molar-refractivity contribution >= 4 is 27.0 Å². The molecule has 9 heteroatoms. The number of nitrogens with zero attached hydrogens (tertiary/aromatic N) is 2. The van der Waals surface area contributed by atoms with E-state index in [4.69, 9.17) is 12.2 Å². The fraction of sp³-hybridized carbons (Fsp3) is 0.250. The number of rotatable bonds is 5. The third-order valence-electron chi connectivity index (χ3n) is 4.66. The van der Waals surface area contributed by atoms with Gasteiger partial charge in [-0.15, -0.1) is 12.3 Å². The molecule has 6 nitrogen and oxygen atoms in total. The number of hydrogen-bond acceptors (Lipinski definition) is 5. The molecule has 3 aromatic rings. The standard InChI is InChI=1S/C20H19F2N3O3S/c1-4-7-20(26,14-8-15(21)11-16(22)9-14)13-5-6-17-18(10-13)25(19(23)24-17)29(27,28)12(2)3/h1,5-6,8-12,26H,7H2,2-3H3,(H2,23,24). The van der Waals surface area contributed by atoms with Gasteiger partial charge in [0.25, 0.3) is 0 Å². The summed E-state index contributed by atoms with van der Waals surface area (Å²) >= 11 is 0. The van der Waals surface area contributed by atoms with Crippen LogP contribution >= 0.6 is 0 Å². The highest BCUT2D eigenvalue weighted by Gasteiger charge is 2.33. The van der Waals surface area contributed by atoms with Crippen LogP contribution in [0.3, 0.4) is 0 Å². The van der Waals surface area contributed by atoms with Gasteiger partial charge in [0.15, 0.2) is 0 Å². The van der Waals surface area contributed by atoms with Crippen LogP contribution in [0.5, 0.6) is 0 Å². The van der Waals surface area contributed by atoms with E-state index in [2.05, 4.69) is 10.9 Å². The first-order valence-corrected chi connectivity index (χ1v) is 10.2. The van der Waals surface area contributed by atoms with E-state index in [-0.39, 0.29) is 34.5 Å². The maximum absolute atomic E-state index is 13.8. The topological polar surface area (TPSA) is 98.2 Å². The normalized spacial score (nSPS) is 14.1. The van der Waals surface area contributed by atoms with Crippen molar-refractivity contribution in [2.24, 2.45) is 0 Å². The van der Waals surface area contributed by atoms with Crippen molar-refractivity contribution in [1.82, 2.24) is 8.96 Å². The highest BCUT2D eigenvalue weighted by atomic mass is 32.2. The van der Waals surface area contributed by atoms with Crippen molar-refractivity contribution in [2.45, 2.75) is 31.1 Å². The Kier molecular flexibility index (Phi) is 5.11. The third kappa shape index (κ3) is 3.45. The SMILES string of the molecule is C#CCC(O)(c1cc(F)cc(F)c1)c1ccc2nc(N)n(S(=O)(=O)C(C)C)c2c1. The quantitative estimate of drug-likeness (QED) is 0.620. The summed E-state index contributed by atoms with van der Waals surface area (Å²) in [5.41, 5.74) is 4.32. The number of aliphatic hydroxyl groups is 1. The summed E-state index contributed by atoms with van der Waals surface area (Å²) in [6, 6.07) is 6.90. The molecule has 0 fully saturated rings. The molecule has 0 radical (unpaired) electrons. The monoisotopic (exact) mass is 419 g/mol. The molecule has 1 heterocycles. The van der Waals surface area contributed by atoms with Gasteiger partial charge in [0.05, 0.1) is 16.3 Å². The lowest BCUT2D eigenvalue weighted by molar-refractivity contribution is 0.0859. The van der Waals surface area contributed by atoms with Crippen LogP contribution in [0, 0.1) is 24.0 Å². The van der Waals surface area contributed by atoms with Crippen molar-refractivity contribution in [3.8, 4) is 12.3 Å². The summed E-state index contributed by atoms with van der Waals surface area (Å²) in [6.45, 7) is 2.99. The Balaban J connectivity index is 2.31. The molecule has 1 aromatic heterocycles. The number of imidazole rings is 1. The van der Waals surface area contributed by atoms with E-state index in [0.717, 1.165) is 16.1 Å². The van der Waals surface area contributed by atoms with E-state index in [9.17, 15) is 22.3 Å². The van der Waals surface area contributed by atoms with Crippen LogP contribution in [-0.4, -0.2) is 27.7 Å². The second kappa shape index (κ2) is 7.13. The number of terminal acetylenes is 1. The second-order valence-corrected chi connectivity index (χ2v) is 9.27. The van der Waals surface area contributed by atoms with Gasteiger partial charge in [-0.2, -0.15) is 0 Å². The Hall–Kier alpha value is -2.96. The minimum absolute atomic E-state index is 0.0990. The fourth-order valence-electron chi connectivity index (χ4n) is 3.12. The van der Waals surface area contributed by atoms with Gasteiger partial charge in [-0.25, -0.2) is 26.2 Å². The first kappa shape index (κ1) is 20.8. The van der Waals surface area contributed by atoms with Crippen LogP contribution in [0.1, 0.15) is 31.4 Å². The molecule has 0 saturated heterocycles. The van der Waals surface area contributed by atoms with Crippen molar-refractivity contribution in [2.75, 3.05) is 5.73 Å². The van der Waals surface area contributed by atoms with Crippen molar-refractivity contribution in [3.05, 3.63) is 59.2 Å². The van der Waals surface area contributed by atoms with Crippen LogP contribution in [0.2, 0.25) is 0 Å². The van der Waals surface area contributed by atoms with Gasteiger partial charge in [-0.1, -0.05) is 6.07 Å². The lowest BCUT2D eigenvalue weighted by Crippen LogP contribution is -2.28. The molecule has 0 spiro atoms. The van der Waals surface area contributed by atoms with E-state index < -0.39 is 32.5 Å². The summed E-state index contributed by atoms with van der Waals surface area (Å²) < 4.78 is 53.9. The maximum Gasteiger partial charge on any atom is 0.244 e. The van der Waals surface area contributed by atoms with E-state index in [1.807, 2.05) is 0 Å². The lowest BCUT2D eigenvalue weighted by atomic mass is 9.83. The summed E-state index contributed by atoms with van der Waals surface area (Å²) in [5.74, 6) is 0.304. The largest absolute Gasteiger partial charge is 0.379 e.